The van der Waals surface area contributed by atoms with Gasteiger partial charge in [0.1, 0.15) is 11.6 Å². The predicted molar refractivity (Wildman–Crippen MR) is 83.9 cm³/mol. The Balaban J connectivity index is 1.89. The van der Waals surface area contributed by atoms with Crippen molar-refractivity contribution in [3.63, 3.8) is 0 Å². The van der Waals surface area contributed by atoms with E-state index >= 15 is 0 Å². The van der Waals surface area contributed by atoms with Crippen LogP contribution in [0.4, 0.5) is 15.8 Å². The number of halogens is 1. The van der Waals surface area contributed by atoms with E-state index in [1.165, 1.54) is 24.3 Å². The summed E-state index contributed by atoms with van der Waals surface area (Å²) >= 11 is 0. The molecule has 3 rings (SSSR count). The first-order chi connectivity index (χ1) is 10.9. The fourth-order valence-corrected chi connectivity index (χ4v) is 2.64. The number of amides is 2. The lowest BCUT2D eigenvalue weighted by atomic mass is 9.89. The highest BCUT2D eigenvalue weighted by atomic mass is 19.1. The summed E-state index contributed by atoms with van der Waals surface area (Å²) in [6.07, 6.45) is -0.0307. The number of carbonyl (C=O) groups excluding carboxylic acids is 2. The summed E-state index contributed by atoms with van der Waals surface area (Å²) in [5, 5.41) is 15.1. The first kappa shape index (κ1) is 15.0. The van der Waals surface area contributed by atoms with Crippen LogP contribution in [0.25, 0.3) is 0 Å². The first-order valence-electron chi connectivity index (χ1n) is 7.14. The average molecular weight is 314 g/mol. The minimum atomic E-state index is -0.736. The van der Waals surface area contributed by atoms with Gasteiger partial charge >= 0.3 is 0 Å². The number of hydrogen-bond donors (Lipinski definition) is 3. The highest BCUT2D eigenvalue weighted by Gasteiger charge is 2.31. The van der Waals surface area contributed by atoms with Crippen LogP contribution in [0.1, 0.15) is 23.5 Å². The molecule has 1 atom stereocenters. The van der Waals surface area contributed by atoms with Crippen molar-refractivity contribution in [1.82, 2.24) is 0 Å². The molecule has 118 valence electrons. The number of carbonyl (C=O) groups is 2. The maximum absolute atomic E-state index is 13.3. The second-order valence-electron chi connectivity index (χ2n) is 5.55. The molecule has 1 unspecified atom stereocenters. The van der Waals surface area contributed by atoms with Crippen molar-refractivity contribution < 1.29 is 19.1 Å². The van der Waals surface area contributed by atoms with Gasteiger partial charge in [-0.25, -0.2) is 4.39 Å². The van der Waals surface area contributed by atoms with Gasteiger partial charge < -0.3 is 15.7 Å². The zero-order valence-electron chi connectivity index (χ0n) is 12.4. The molecule has 23 heavy (non-hydrogen) atoms. The molecule has 0 bridgehead atoms. The molecule has 5 nitrogen and oxygen atoms in total. The molecule has 2 amide bonds. The van der Waals surface area contributed by atoms with E-state index in [1.54, 1.807) is 12.1 Å². The molecular weight excluding hydrogens is 299 g/mol. The molecule has 2 aromatic rings. The molecule has 2 aromatic carbocycles. The lowest BCUT2D eigenvalue weighted by Gasteiger charge is -2.25. The average Bonchev–Trinajstić information content (AvgIpc) is 2.48. The zero-order valence-corrected chi connectivity index (χ0v) is 12.4. The quantitative estimate of drug-likeness (QED) is 0.746. The summed E-state index contributed by atoms with van der Waals surface area (Å²) in [4.78, 5) is 24.3. The van der Waals surface area contributed by atoms with Crippen LogP contribution in [0.2, 0.25) is 0 Å². The summed E-state index contributed by atoms with van der Waals surface area (Å²) in [5.41, 5.74) is 1.98. The van der Waals surface area contributed by atoms with Crippen LogP contribution >= 0.6 is 0 Å². The second kappa shape index (κ2) is 5.72. The third kappa shape index (κ3) is 3.01. The summed E-state index contributed by atoms with van der Waals surface area (Å²) in [6.45, 7) is 1.82. The number of phenolic OH excluding ortho intramolecular Hbond substituents is 1. The van der Waals surface area contributed by atoms with Crippen molar-refractivity contribution in [2.75, 3.05) is 10.6 Å². The number of phenols is 1. The Kier molecular flexibility index (Phi) is 3.73. The Morgan fingerprint density at radius 1 is 1.30 bits per heavy atom. The molecular formula is C17H15FN2O3. The van der Waals surface area contributed by atoms with Gasteiger partial charge in [0.15, 0.2) is 0 Å². The van der Waals surface area contributed by atoms with E-state index in [9.17, 15) is 19.1 Å². The van der Waals surface area contributed by atoms with Crippen molar-refractivity contribution in [3.8, 4) is 5.75 Å². The molecule has 0 saturated carbocycles. The Morgan fingerprint density at radius 3 is 2.83 bits per heavy atom. The van der Waals surface area contributed by atoms with E-state index in [4.69, 9.17) is 0 Å². The molecule has 1 heterocycles. The van der Waals surface area contributed by atoms with Crippen LogP contribution in [0.15, 0.2) is 36.4 Å². The van der Waals surface area contributed by atoms with Gasteiger partial charge in [-0.2, -0.15) is 0 Å². The van der Waals surface area contributed by atoms with Gasteiger partial charge in [0.25, 0.3) is 0 Å². The van der Waals surface area contributed by atoms with Crippen molar-refractivity contribution in [2.45, 2.75) is 19.3 Å². The highest BCUT2D eigenvalue weighted by molar-refractivity contribution is 6.05. The largest absolute Gasteiger partial charge is 0.506 e. The Bertz CT molecular complexity index is 804. The minimum Gasteiger partial charge on any atom is -0.506 e. The molecule has 1 aliphatic heterocycles. The lowest BCUT2D eigenvalue weighted by molar-refractivity contribution is -0.123. The summed E-state index contributed by atoms with van der Waals surface area (Å²) in [6, 6.07) is 8.81. The van der Waals surface area contributed by atoms with Crippen LogP contribution in [0.5, 0.6) is 5.75 Å². The highest BCUT2D eigenvalue weighted by Crippen LogP contribution is 2.34. The third-order valence-electron chi connectivity index (χ3n) is 3.78. The maximum Gasteiger partial charge on any atom is 0.232 e. The van der Waals surface area contributed by atoms with E-state index in [1.807, 2.05) is 6.92 Å². The van der Waals surface area contributed by atoms with E-state index in [0.717, 1.165) is 5.56 Å². The number of aryl methyl sites for hydroxylation is 1. The van der Waals surface area contributed by atoms with Crippen LogP contribution in [-0.4, -0.2) is 16.9 Å². The first-order valence-corrected chi connectivity index (χ1v) is 7.14. The van der Waals surface area contributed by atoms with Gasteiger partial charge in [-0.3, -0.25) is 9.59 Å². The van der Waals surface area contributed by atoms with Crippen molar-refractivity contribution in [2.24, 2.45) is 0 Å². The number of anilines is 2. The summed E-state index contributed by atoms with van der Waals surface area (Å²) in [5.74, 6) is -2.04. The SMILES string of the molecule is Cc1ccc(NC(=O)C2CC(=O)Nc3cc(F)ccc32)c(O)c1. The Hall–Kier alpha value is -2.89. The molecule has 3 N–H and O–H groups in total. The minimum absolute atomic E-state index is 0.0307. The fraction of sp³-hybridized carbons (Fsp3) is 0.176. The van der Waals surface area contributed by atoms with E-state index < -0.39 is 17.6 Å². The van der Waals surface area contributed by atoms with Gasteiger partial charge in [-0.15, -0.1) is 0 Å². The maximum atomic E-state index is 13.3. The number of hydrogen-bond acceptors (Lipinski definition) is 3. The molecule has 6 heteroatoms. The van der Waals surface area contributed by atoms with Crippen molar-refractivity contribution >= 4 is 23.2 Å². The molecule has 0 spiro atoms. The second-order valence-corrected chi connectivity index (χ2v) is 5.55. The van der Waals surface area contributed by atoms with E-state index in [2.05, 4.69) is 10.6 Å². The number of benzene rings is 2. The standard InChI is InChI=1S/C17H15FN2O3/c1-9-2-5-13(15(21)6-9)20-17(23)12-8-16(22)19-14-7-10(18)3-4-11(12)14/h2-7,12,21H,8H2,1H3,(H,19,22)(H,20,23). The Labute approximate surface area is 132 Å². The summed E-state index contributed by atoms with van der Waals surface area (Å²) in [7, 11) is 0. The number of rotatable bonds is 2. The van der Waals surface area contributed by atoms with Gasteiger partial charge in [-0.05, 0) is 42.3 Å². The number of nitrogens with one attached hydrogen (secondary N) is 2. The number of fused-ring (bicyclic) bond motifs is 1. The topological polar surface area (TPSA) is 78.4 Å². The van der Waals surface area contributed by atoms with Crippen LogP contribution in [-0.2, 0) is 9.59 Å². The summed E-state index contributed by atoms with van der Waals surface area (Å²) < 4.78 is 13.3. The van der Waals surface area contributed by atoms with Gasteiger partial charge in [-0.1, -0.05) is 12.1 Å². The fourth-order valence-electron chi connectivity index (χ4n) is 2.64. The lowest BCUT2D eigenvalue weighted by Crippen LogP contribution is -2.30. The molecule has 1 aliphatic rings. The van der Waals surface area contributed by atoms with Crippen molar-refractivity contribution in [1.29, 1.82) is 0 Å². The third-order valence-corrected chi connectivity index (χ3v) is 3.78. The Morgan fingerprint density at radius 2 is 2.09 bits per heavy atom. The van der Waals surface area contributed by atoms with Gasteiger partial charge in [0.2, 0.25) is 11.8 Å². The molecule has 0 aromatic heterocycles. The van der Waals surface area contributed by atoms with Crippen LogP contribution < -0.4 is 10.6 Å². The van der Waals surface area contributed by atoms with Gasteiger partial charge in [0, 0.05) is 12.1 Å². The molecule has 0 saturated heterocycles. The smallest absolute Gasteiger partial charge is 0.232 e. The van der Waals surface area contributed by atoms with Crippen LogP contribution in [0, 0.1) is 12.7 Å². The molecule has 0 aliphatic carbocycles. The van der Waals surface area contributed by atoms with E-state index in [-0.39, 0.29) is 23.8 Å². The predicted octanol–water partition coefficient (Wildman–Crippen LogP) is 2.90. The molecule has 0 fully saturated rings. The van der Waals surface area contributed by atoms with E-state index in [0.29, 0.717) is 11.3 Å². The van der Waals surface area contributed by atoms with Gasteiger partial charge in [0.05, 0.1) is 11.6 Å². The normalized spacial score (nSPS) is 16.4. The van der Waals surface area contributed by atoms with Crippen molar-refractivity contribution in [3.05, 3.63) is 53.3 Å². The number of aromatic hydroxyl groups is 1. The monoisotopic (exact) mass is 314 g/mol. The molecule has 0 radical (unpaired) electrons. The van der Waals surface area contributed by atoms with Crippen LogP contribution in [0.3, 0.4) is 0 Å². The zero-order chi connectivity index (χ0) is 16.6.